The summed E-state index contributed by atoms with van der Waals surface area (Å²) in [6.45, 7) is 6.65. The van der Waals surface area contributed by atoms with Crippen molar-refractivity contribution in [3.8, 4) is 11.3 Å². The zero-order valence-corrected chi connectivity index (χ0v) is 17.7. The van der Waals surface area contributed by atoms with Crippen molar-refractivity contribution in [2.45, 2.75) is 20.3 Å². The van der Waals surface area contributed by atoms with Crippen LogP contribution in [0.1, 0.15) is 25.0 Å². The van der Waals surface area contributed by atoms with Crippen LogP contribution in [-0.4, -0.2) is 32.4 Å². The van der Waals surface area contributed by atoms with Gasteiger partial charge in [-0.2, -0.15) is 0 Å². The molecule has 4 aromatic rings. The van der Waals surface area contributed by atoms with Crippen LogP contribution in [0.4, 0.5) is 17.3 Å². The molecular formula is C25H24N6. The largest absolute Gasteiger partial charge is 0.355 e. The Morgan fingerprint density at radius 2 is 1.97 bits per heavy atom. The van der Waals surface area contributed by atoms with Crippen LogP contribution >= 0.6 is 0 Å². The quantitative estimate of drug-likeness (QED) is 0.518. The number of nitrogens with one attached hydrogen (secondary N) is 1. The first-order valence-corrected chi connectivity index (χ1v) is 10.7. The van der Waals surface area contributed by atoms with Gasteiger partial charge in [0.05, 0.1) is 17.6 Å². The summed E-state index contributed by atoms with van der Waals surface area (Å²) in [6.07, 6.45) is 13.0. The van der Waals surface area contributed by atoms with Gasteiger partial charge in [-0.1, -0.05) is 38.1 Å². The number of benzene rings is 1. The fraction of sp³-hybridized carbons (Fsp3) is 0.240. The number of aromatic nitrogens is 4. The number of allylic oxidation sites excluding steroid dienone is 1. The van der Waals surface area contributed by atoms with Gasteiger partial charge in [-0.3, -0.25) is 0 Å². The molecule has 0 saturated carbocycles. The summed E-state index contributed by atoms with van der Waals surface area (Å²) in [5.74, 6) is 1.74. The summed E-state index contributed by atoms with van der Waals surface area (Å²) >= 11 is 0. The lowest BCUT2D eigenvalue weighted by atomic mass is 9.84. The molecule has 1 aliphatic carbocycles. The average Bonchev–Trinajstić information content (AvgIpc) is 3.41. The van der Waals surface area contributed by atoms with E-state index in [-0.39, 0.29) is 0 Å². The topological polar surface area (TPSA) is 58.4 Å². The van der Waals surface area contributed by atoms with Gasteiger partial charge in [0.25, 0.3) is 0 Å². The minimum Gasteiger partial charge on any atom is -0.355 e. The van der Waals surface area contributed by atoms with Crippen LogP contribution in [0.5, 0.6) is 0 Å². The highest BCUT2D eigenvalue weighted by molar-refractivity contribution is 5.75. The smallest absolute Gasteiger partial charge is 0.180 e. The van der Waals surface area contributed by atoms with Crippen molar-refractivity contribution in [3.05, 3.63) is 72.3 Å². The van der Waals surface area contributed by atoms with E-state index in [4.69, 9.17) is 4.98 Å². The van der Waals surface area contributed by atoms with Gasteiger partial charge in [0.15, 0.2) is 11.5 Å². The highest BCUT2D eigenvalue weighted by atomic mass is 15.3. The maximum absolute atomic E-state index is 4.91. The molecule has 1 aromatic carbocycles. The Kier molecular flexibility index (Phi) is 3.90. The molecule has 0 radical (unpaired) electrons. The van der Waals surface area contributed by atoms with Crippen LogP contribution in [0.25, 0.3) is 23.0 Å². The van der Waals surface area contributed by atoms with E-state index < -0.39 is 0 Å². The van der Waals surface area contributed by atoms with Gasteiger partial charge in [-0.05, 0) is 41.2 Å². The number of hydrogen-bond donors (Lipinski definition) is 1. The van der Waals surface area contributed by atoms with E-state index in [1.807, 2.05) is 23.0 Å². The average molecular weight is 409 g/mol. The highest BCUT2D eigenvalue weighted by Crippen LogP contribution is 2.33. The summed E-state index contributed by atoms with van der Waals surface area (Å²) in [7, 11) is 0. The van der Waals surface area contributed by atoms with Gasteiger partial charge in [-0.15, -0.1) is 0 Å². The van der Waals surface area contributed by atoms with Crippen LogP contribution in [0.15, 0.2) is 61.2 Å². The van der Waals surface area contributed by atoms with E-state index in [0.29, 0.717) is 5.41 Å². The maximum atomic E-state index is 4.91. The van der Waals surface area contributed by atoms with Crippen molar-refractivity contribution in [2.24, 2.45) is 5.41 Å². The second-order valence-corrected chi connectivity index (χ2v) is 9.20. The molecule has 31 heavy (non-hydrogen) atoms. The molecule has 2 aliphatic rings. The summed E-state index contributed by atoms with van der Waals surface area (Å²) < 4.78 is 2.01. The summed E-state index contributed by atoms with van der Waals surface area (Å²) in [5, 5.41) is 3.43. The lowest BCUT2D eigenvalue weighted by Gasteiger charge is -2.46. The fourth-order valence-electron chi connectivity index (χ4n) is 4.50. The summed E-state index contributed by atoms with van der Waals surface area (Å²) in [5.41, 5.74) is 6.72. The molecular weight excluding hydrogens is 384 g/mol. The fourth-order valence-corrected chi connectivity index (χ4v) is 4.50. The summed E-state index contributed by atoms with van der Waals surface area (Å²) in [6, 6.07) is 10.7. The molecule has 1 fully saturated rings. The van der Waals surface area contributed by atoms with E-state index in [0.717, 1.165) is 53.7 Å². The molecule has 1 N–H and O–H groups in total. The van der Waals surface area contributed by atoms with Crippen LogP contribution in [0.2, 0.25) is 0 Å². The Bertz CT molecular complexity index is 1310. The molecule has 154 valence electrons. The van der Waals surface area contributed by atoms with E-state index >= 15 is 0 Å². The Balaban J connectivity index is 1.31. The zero-order valence-electron chi connectivity index (χ0n) is 17.7. The van der Waals surface area contributed by atoms with Gasteiger partial charge in [0.2, 0.25) is 0 Å². The van der Waals surface area contributed by atoms with Crippen molar-refractivity contribution in [2.75, 3.05) is 23.3 Å². The number of nitrogens with zero attached hydrogens (tertiary/aromatic N) is 5. The molecule has 4 heterocycles. The molecule has 6 rings (SSSR count). The molecule has 0 bridgehead atoms. The Morgan fingerprint density at radius 1 is 1.06 bits per heavy atom. The number of pyridine rings is 1. The zero-order chi connectivity index (χ0) is 21.0. The number of rotatable bonds is 4. The molecule has 1 saturated heterocycles. The number of anilines is 3. The molecule has 0 amide bonds. The van der Waals surface area contributed by atoms with Gasteiger partial charge >= 0.3 is 0 Å². The second kappa shape index (κ2) is 6.67. The standard InChI is InChI=1S/C25H24N6/c1-25(2)15-31(16-25)22-9-8-20(13-27-22)28-23-24-26-10-11-30(24)14-21(29-23)19-7-6-17-4-3-5-18(17)12-19/h3-4,6-14H,5,15-16H2,1-2H3,(H,28,29). The Labute approximate surface area is 181 Å². The predicted octanol–water partition coefficient (Wildman–Crippen LogP) is 4.95. The first-order chi connectivity index (χ1) is 15.0. The Hall–Kier alpha value is -3.67. The third kappa shape index (κ3) is 3.24. The van der Waals surface area contributed by atoms with Crippen LogP contribution in [0, 0.1) is 5.41 Å². The van der Waals surface area contributed by atoms with Crippen molar-refractivity contribution in [3.63, 3.8) is 0 Å². The lowest BCUT2D eigenvalue weighted by Crippen LogP contribution is -2.53. The van der Waals surface area contributed by atoms with Crippen LogP contribution in [-0.2, 0) is 6.42 Å². The molecule has 6 heteroatoms. The second-order valence-electron chi connectivity index (χ2n) is 9.20. The summed E-state index contributed by atoms with van der Waals surface area (Å²) in [4.78, 5) is 16.4. The van der Waals surface area contributed by atoms with Crippen molar-refractivity contribution >= 4 is 29.0 Å². The molecule has 6 nitrogen and oxygen atoms in total. The highest BCUT2D eigenvalue weighted by Gasteiger charge is 2.34. The molecule has 3 aromatic heterocycles. The molecule has 0 atom stereocenters. The van der Waals surface area contributed by atoms with E-state index in [2.05, 4.69) is 76.5 Å². The van der Waals surface area contributed by atoms with E-state index in [1.165, 1.54) is 11.1 Å². The van der Waals surface area contributed by atoms with Crippen molar-refractivity contribution in [1.82, 2.24) is 19.4 Å². The first kappa shape index (κ1) is 18.1. The van der Waals surface area contributed by atoms with Gasteiger partial charge < -0.3 is 14.6 Å². The van der Waals surface area contributed by atoms with Gasteiger partial charge in [0, 0.05) is 37.2 Å². The van der Waals surface area contributed by atoms with Gasteiger partial charge in [0.1, 0.15) is 5.82 Å². The third-order valence-electron chi connectivity index (χ3n) is 6.02. The third-order valence-corrected chi connectivity index (χ3v) is 6.02. The predicted molar refractivity (Wildman–Crippen MR) is 125 cm³/mol. The van der Waals surface area contributed by atoms with Crippen LogP contribution in [0.3, 0.4) is 0 Å². The minimum absolute atomic E-state index is 0.378. The first-order valence-electron chi connectivity index (χ1n) is 10.7. The lowest BCUT2D eigenvalue weighted by molar-refractivity contribution is 0.274. The Morgan fingerprint density at radius 3 is 2.77 bits per heavy atom. The normalized spacial score (nSPS) is 16.4. The monoisotopic (exact) mass is 408 g/mol. The van der Waals surface area contributed by atoms with Crippen molar-refractivity contribution in [1.29, 1.82) is 0 Å². The van der Waals surface area contributed by atoms with Crippen molar-refractivity contribution < 1.29 is 0 Å². The molecule has 0 spiro atoms. The molecule has 1 aliphatic heterocycles. The van der Waals surface area contributed by atoms with E-state index in [1.54, 1.807) is 6.20 Å². The number of hydrogen-bond acceptors (Lipinski definition) is 5. The maximum Gasteiger partial charge on any atom is 0.180 e. The minimum atomic E-state index is 0.378. The van der Waals surface area contributed by atoms with E-state index in [9.17, 15) is 0 Å². The van der Waals surface area contributed by atoms with Gasteiger partial charge in [-0.25, -0.2) is 15.0 Å². The molecule has 0 unspecified atom stereocenters. The SMILES string of the molecule is CC1(C)CN(c2ccc(Nc3nc(-c4ccc5c(c4)CC=C5)cn4ccnc34)cn2)C1. The number of fused-ring (bicyclic) bond motifs is 2. The van der Waals surface area contributed by atoms with Crippen LogP contribution < -0.4 is 10.2 Å². The number of imidazole rings is 1.